The van der Waals surface area contributed by atoms with Crippen molar-refractivity contribution in [3.05, 3.63) is 74.6 Å². The van der Waals surface area contributed by atoms with E-state index in [1.165, 1.54) is 0 Å². The number of nitrogens with zero attached hydrogens (tertiary/aromatic N) is 1. The fourth-order valence-electron chi connectivity index (χ4n) is 3.17. The quantitative estimate of drug-likeness (QED) is 0.227. The Balaban J connectivity index is 1.96. The Labute approximate surface area is 207 Å². The molecule has 1 saturated heterocycles. The Morgan fingerprint density at radius 3 is 2.64 bits per heavy atom. The molecule has 0 unspecified atom stereocenters. The molecule has 0 radical (unpaired) electrons. The molecule has 33 heavy (non-hydrogen) atoms. The molecule has 3 rings (SSSR count). The molecule has 1 aliphatic rings. The molecule has 1 heterocycles. The first-order chi connectivity index (χ1) is 15.9. The molecule has 0 N–H and O–H groups in total. The molecule has 0 atom stereocenters. The van der Waals surface area contributed by atoms with E-state index in [-0.39, 0.29) is 18.4 Å². The van der Waals surface area contributed by atoms with Crippen LogP contribution in [-0.2, 0) is 17.8 Å². The topological polar surface area (TPSA) is 55.8 Å². The summed E-state index contributed by atoms with van der Waals surface area (Å²) in [4.78, 5) is 26.0. The van der Waals surface area contributed by atoms with Crippen LogP contribution in [0.3, 0.4) is 0 Å². The summed E-state index contributed by atoms with van der Waals surface area (Å²) in [5.41, 5.74) is 2.29. The van der Waals surface area contributed by atoms with Crippen molar-refractivity contribution in [3.8, 4) is 23.8 Å². The SMILES string of the molecule is C#CCN1C(=O)SC(=Cc2cc(CC=C)c(OCc3ccc(Cl)cc3Cl)c(OCC)c2)C1=O. The average Bonchev–Trinajstić information content (AvgIpc) is 3.02. The van der Waals surface area contributed by atoms with Crippen molar-refractivity contribution in [1.82, 2.24) is 4.90 Å². The molecule has 2 aromatic rings. The number of terminal acetylenes is 1. The fourth-order valence-corrected chi connectivity index (χ4v) is 4.47. The van der Waals surface area contributed by atoms with Gasteiger partial charge in [0, 0.05) is 21.2 Å². The molecule has 0 aromatic heterocycles. The maximum absolute atomic E-state index is 12.5. The summed E-state index contributed by atoms with van der Waals surface area (Å²) in [5.74, 6) is 2.98. The number of hydrogen-bond acceptors (Lipinski definition) is 5. The monoisotopic (exact) mass is 501 g/mol. The number of allylic oxidation sites excluding steroid dienone is 1. The van der Waals surface area contributed by atoms with Gasteiger partial charge in [-0.05, 0) is 61.0 Å². The number of benzene rings is 2. The standard InChI is InChI=1S/C25H21Cl2NO4S/c1-4-7-17-11-16(13-22-24(29)28(10-5-2)25(30)33-22)12-21(31-6-3)23(17)32-15-18-8-9-19(26)14-20(18)27/h2,4,8-9,11-14H,1,6-7,10,15H2,3H3. The summed E-state index contributed by atoms with van der Waals surface area (Å²) in [6, 6.07) is 8.85. The lowest BCUT2D eigenvalue weighted by Gasteiger charge is -2.17. The van der Waals surface area contributed by atoms with Gasteiger partial charge in [-0.25, -0.2) is 0 Å². The first-order valence-corrected chi connectivity index (χ1v) is 11.6. The van der Waals surface area contributed by atoms with E-state index in [2.05, 4.69) is 12.5 Å². The predicted octanol–water partition coefficient (Wildman–Crippen LogP) is 6.37. The lowest BCUT2D eigenvalue weighted by atomic mass is 10.0. The van der Waals surface area contributed by atoms with E-state index >= 15 is 0 Å². The van der Waals surface area contributed by atoms with Crippen LogP contribution in [0.15, 0.2) is 47.9 Å². The van der Waals surface area contributed by atoms with Crippen molar-refractivity contribution >= 4 is 52.2 Å². The lowest BCUT2D eigenvalue weighted by Crippen LogP contribution is -2.28. The van der Waals surface area contributed by atoms with Crippen molar-refractivity contribution in [3.63, 3.8) is 0 Å². The van der Waals surface area contributed by atoms with Crippen LogP contribution in [0.5, 0.6) is 11.5 Å². The van der Waals surface area contributed by atoms with Gasteiger partial charge in [0.15, 0.2) is 11.5 Å². The molecule has 170 valence electrons. The first kappa shape index (κ1) is 24.8. The molecule has 0 saturated carbocycles. The zero-order valence-electron chi connectivity index (χ0n) is 17.9. The second-order valence-corrected chi connectivity index (χ2v) is 8.77. The van der Waals surface area contributed by atoms with E-state index in [4.69, 9.17) is 39.1 Å². The zero-order chi connectivity index (χ0) is 24.0. The Kier molecular flexibility index (Phi) is 8.51. The van der Waals surface area contributed by atoms with Crippen LogP contribution in [0.4, 0.5) is 4.79 Å². The van der Waals surface area contributed by atoms with E-state index in [0.717, 1.165) is 27.8 Å². The second-order valence-electron chi connectivity index (χ2n) is 6.93. The average molecular weight is 502 g/mol. The van der Waals surface area contributed by atoms with Crippen LogP contribution in [0.2, 0.25) is 10.0 Å². The smallest absolute Gasteiger partial charge is 0.294 e. The van der Waals surface area contributed by atoms with Crippen molar-refractivity contribution in [2.45, 2.75) is 20.0 Å². The number of carbonyl (C=O) groups excluding carboxylic acids is 2. The van der Waals surface area contributed by atoms with Crippen LogP contribution < -0.4 is 9.47 Å². The number of imide groups is 1. The van der Waals surface area contributed by atoms with Crippen molar-refractivity contribution in [1.29, 1.82) is 0 Å². The van der Waals surface area contributed by atoms with E-state index < -0.39 is 5.91 Å². The van der Waals surface area contributed by atoms with E-state index in [1.54, 1.807) is 36.4 Å². The number of ether oxygens (including phenoxy) is 2. The number of hydrogen-bond donors (Lipinski definition) is 0. The maximum atomic E-state index is 12.5. The molecule has 0 aliphatic carbocycles. The molecule has 2 aromatic carbocycles. The maximum Gasteiger partial charge on any atom is 0.294 e. The first-order valence-electron chi connectivity index (χ1n) is 10.0. The van der Waals surface area contributed by atoms with Gasteiger partial charge in [0.2, 0.25) is 0 Å². The minimum absolute atomic E-state index is 0.0616. The van der Waals surface area contributed by atoms with E-state index in [1.807, 2.05) is 13.0 Å². The van der Waals surface area contributed by atoms with E-state index in [9.17, 15) is 9.59 Å². The van der Waals surface area contributed by atoms with Gasteiger partial charge in [-0.1, -0.05) is 41.3 Å². The van der Waals surface area contributed by atoms with Gasteiger partial charge in [0.25, 0.3) is 11.1 Å². The van der Waals surface area contributed by atoms with Gasteiger partial charge < -0.3 is 9.47 Å². The van der Waals surface area contributed by atoms with Gasteiger partial charge >= 0.3 is 0 Å². The highest BCUT2D eigenvalue weighted by atomic mass is 35.5. The highest BCUT2D eigenvalue weighted by Gasteiger charge is 2.34. The van der Waals surface area contributed by atoms with Crippen molar-refractivity contribution in [2.75, 3.05) is 13.2 Å². The number of carbonyl (C=O) groups is 2. The van der Waals surface area contributed by atoms with Crippen molar-refractivity contribution in [2.24, 2.45) is 0 Å². The Morgan fingerprint density at radius 1 is 1.18 bits per heavy atom. The highest BCUT2D eigenvalue weighted by molar-refractivity contribution is 8.18. The molecule has 2 amide bonds. The third-order valence-electron chi connectivity index (χ3n) is 4.63. The van der Waals surface area contributed by atoms with Gasteiger partial charge in [-0.15, -0.1) is 13.0 Å². The summed E-state index contributed by atoms with van der Waals surface area (Å²) in [6.45, 7) is 6.25. The van der Waals surface area contributed by atoms with Gasteiger partial charge in [0.1, 0.15) is 6.61 Å². The van der Waals surface area contributed by atoms with Crippen molar-refractivity contribution < 1.29 is 19.1 Å². The van der Waals surface area contributed by atoms with Gasteiger partial charge in [-0.3, -0.25) is 14.5 Å². The second kappa shape index (κ2) is 11.3. The fraction of sp³-hybridized carbons (Fsp3) is 0.200. The molecule has 1 fully saturated rings. The number of halogens is 2. The predicted molar refractivity (Wildman–Crippen MR) is 134 cm³/mol. The third kappa shape index (κ3) is 5.94. The summed E-state index contributed by atoms with van der Waals surface area (Å²) in [6.07, 6.45) is 9.16. The largest absolute Gasteiger partial charge is 0.490 e. The molecule has 8 heteroatoms. The van der Waals surface area contributed by atoms with Crippen LogP contribution in [0, 0.1) is 12.3 Å². The third-order valence-corrected chi connectivity index (χ3v) is 6.12. The molecule has 0 bridgehead atoms. The Morgan fingerprint density at radius 2 is 1.97 bits per heavy atom. The molecule has 0 spiro atoms. The van der Waals surface area contributed by atoms with Crippen LogP contribution in [-0.4, -0.2) is 29.2 Å². The zero-order valence-corrected chi connectivity index (χ0v) is 20.2. The molecular formula is C25H21Cl2NO4S. The number of rotatable bonds is 9. The highest BCUT2D eigenvalue weighted by Crippen LogP contribution is 2.38. The van der Waals surface area contributed by atoms with Crippen LogP contribution in [0.25, 0.3) is 6.08 Å². The number of thioether (sulfide) groups is 1. The Hall–Kier alpha value is -2.85. The number of amides is 2. The summed E-state index contributed by atoms with van der Waals surface area (Å²) in [7, 11) is 0. The van der Waals surface area contributed by atoms with E-state index in [0.29, 0.717) is 45.0 Å². The minimum Gasteiger partial charge on any atom is -0.490 e. The lowest BCUT2D eigenvalue weighted by molar-refractivity contribution is -0.122. The summed E-state index contributed by atoms with van der Waals surface area (Å²) >= 11 is 13.1. The molecule has 1 aliphatic heterocycles. The van der Waals surface area contributed by atoms with Gasteiger partial charge in [-0.2, -0.15) is 0 Å². The molecule has 5 nitrogen and oxygen atoms in total. The van der Waals surface area contributed by atoms with Crippen LogP contribution >= 0.6 is 35.0 Å². The minimum atomic E-state index is -0.413. The summed E-state index contributed by atoms with van der Waals surface area (Å²) < 4.78 is 12.0. The molecular weight excluding hydrogens is 481 g/mol. The van der Waals surface area contributed by atoms with Gasteiger partial charge in [0.05, 0.1) is 18.1 Å². The van der Waals surface area contributed by atoms with Crippen LogP contribution in [0.1, 0.15) is 23.6 Å². The Bertz CT molecular complexity index is 1170. The normalized spacial score (nSPS) is 14.5. The summed E-state index contributed by atoms with van der Waals surface area (Å²) in [5, 5.41) is 0.660.